The summed E-state index contributed by atoms with van der Waals surface area (Å²) in [6, 6.07) is 17.4. The van der Waals surface area contributed by atoms with Crippen LogP contribution in [0.15, 0.2) is 65.5 Å². The molecule has 0 unspecified atom stereocenters. The molecule has 2 amide bonds. The molecule has 36 heavy (non-hydrogen) atoms. The van der Waals surface area contributed by atoms with Crippen molar-refractivity contribution in [3.05, 3.63) is 82.1 Å². The van der Waals surface area contributed by atoms with E-state index in [0.29, 0.717) is 16.9 Å². The van der Waals surface area contributed by atoms with Gasteiger partial charge in [-0.05, 0) is 49.9 Å². The van der Waals surface area contributed by atoms with Gasteiger partial charge in [-0.1, -0.05) is 24.3 Å². The zero-order valence-electron chi connectivity index (χ0n) is 20.4. The van der Waals surface area contributed by atoms with Crippen LogP contribution in [0.4, 0.5) is 10.5 Å². The number of aromatic nitrogens is 2. The molecule has 0 atom stereocenters. The highest BCUT2D eigenvalue weighted by Crippen LogP contribution is 2.17. The molecule has 2 N–H and O–H groups in total. The van der Waals surface area contributed by atoms with E-state index in [-0.39, 0.29) is 24.6 Å². The highest BCUT2D eigenvalue weighted by Gasteiger charge is 2.16. The zero-order chi connectivity index (χ0) is 25.5. The summed E-state index contributed by atoms with van der Waals surface area (Å²) in [6.45, 7) is 5.63. The molecule has 188 valence electrons. The van der Waals surface area contributed by atoms with Crippen molar-refractivity contribution < 1.29 is 14.3 Å². The van der Waals surface area contributed by atoms with Crippen LogP contribution in [-0.2, 0) is 11.3 Å². The largest absolute Gasteiger partial charge is 0.450 e. The van der Waals surface area contributed by atoms with Gasteiger partial charge in [0.05, 0.1) is 18.8 Å². The van der Waals surface area contributed by atoms with Crippen molar-refractivity contribution in [2.24, 2.45) is 0 Å². The third-order valence-corrected chi connectivity index (χ3v) is 5.85. The molecule has 0 saturated carbocycles. The van der Waals surface area contributed by atoms with E-state index in [1.165, 1.54) is 10.7 Å². The second-order valence-corrected chi connectivity index (χ2v) is 8.57. The average molecular weight is 491 g/mol. The monoisotopic (exact) mass is 490 g/mol. The summed E-state index contributed by atoms with van der Waals surface area (Å²) in [6.07, 6.45) is -0.535. The molecule has 0 spiro atoms. The van der Waals surface area contributed by atoms with E-state index in [4.69, 9.17) is 4.74 Å². The molecule has 1 saturated heterocycles. The van der Waals surface area contributed by atoms with Crippen molar-refractivity contribution in [1.82, 2.24) is 25.1 Å². The van der Waals surface area contributed by atoms with Gasteiger partial charge in [0, 0.05) is 49.1 Å². The van der Waals surface area contributed by atoms with Crippen molar-refractivity contribution >= 4 is 17.7 Å². The Balaban J connectivity index is 1.44. The molecular formula is C26H30N6O4. The van der Waals surface area contributed by atoms with Crippen LogP contribution in [0, 0.1) is 0 Å². The smallest absolute Gasteiger partial charge is 0.411 e. The number of carbonyl (C=O) groups is 2. The zero-order valence-corrected chi connectivity index (χ0v) is 20.4. The fourth-order valence-electron chi connectivity index (χ4n) is 3.84. The fraction of sp³-hybridized carbons (Fsp3) is 0.308. The van der Waals surface area contributed by atoms with Crippen LogP contribution in [0.1, 0.15) is 22.8 Å². The van der Waals surface area contributed by atoms with Crippen LogP contribution in [0.5, 0.6) is 0 Å². The summed E-state index contributed by atoms with van der Waals surface area (Å²) in [5.74, 6) is -0.152. The number of hydrogen-bond acceptors (Lipinski definition) is 7. The average Bonchev–Trinajstić information content (AvgIpc) is 2.87. The van der Waals surface area contributed by atoms with Crippen molar-refractivity contribution in [1.29, 1.82) is 0 Å². The molecule has 10 heteroatoms. The molecule has 2 aromatic carbocycles. The molecule has 0 radical (unpaired) electrons. The third kappa shape index (κ3) is 6.55. The molecule has 0 bridgehead atoms. The van der Waals surface area contributed by atoms with Gasteiger partial charge in [-0.15, -0.1) is 0 Å². The lowest BCUT2D eigenvalue weighted by Crippen LogP contribution is -2.52. The molecule has 1 aliphatic heterocycles. The van der Waals surface area contributed by atoms with E-state index in [1.54, 1.807) is 43.3 Å². The number of hydrogen-bond donors (Lipinski definition) is 2. The lowest BCUT2D eigenvalue weighted by Gasteiger charge is -2.32. The van der Waals surface area contributed by atoms with Gasteiger partial charge >= 0.3 is 6.09 Å². The minimum absolute atomic E-state index is 0.152. The van der Waals surface area contributed by atoms with E-state index < -0.39 is 6.09 Å². The number of anilines is 1. The Labute approximate surface area is 209 Å². The van der Waals surface area contributed by atoms with Gasteiger partial charge in [0.15, 0.2) is 0 Å². The number of ether oxygens (including phenoxy) is 1. The van der Waals surface area contributed by atoms with E-state index in [0.717, 1.165) is 37.3 Å². The number of nitrogens with zero attached hydrogens (tertiary/aromatic N) is 4. The van der Waals surface area contributed by atoms with Gasteiger partial charge in [0.2, 0.25) is 0 Å². The predicted octanol–water partition coefficient (Wildman–Crippen LogP) is 2.42. The maximum atomic E-state index is 12.6. The SMILES string of the molecule is CCOC(=O)Nc1cccc(Cn2nc(-c3ccc(C(=O)NN4CCN(C)CC4)cc3)ccc2=O)c1. The van der Waals surface area contributed by atoms with Crippen LogP contribution < -0.4 is 16.3 Å². The van der Waals surface area contributed by atoms with E-state index in [1.807, 2.05) is 23.2 Å². The molecule has 1 aromatic heterocycles. The van der Waals surface area contributed by atoms with Crippen LogP contribution in [-0.4, -0.2) is 71.5 Å². The summed E-state index contributed by atoms with van der Waals surface area (Å²) < 4.78 is 6.27. The summed E-state index contributed by atoms with van der Waals surface area (Å²) in [5.41, 5.74) is 6.03. The van der Waals surface area contributed by atoms with Crippen LogP contribution in [0.25, 0.3) is 11.3 Å². The van der Waals surface area contributed by atoms with Crippen molar-refractivity contribution in [2.75, 3.05) is 45.2 Å². The van der Waals surface area contributed by atoms with Crippen molar-refractivity contribution in [2.45, 2.75) is 13.5 Å². The Kier molecular flexibility index (Phi) is 8.09. The third-order valence-electron chi connectivity index (χ3n) is 5.85. The first-order chi connectivity index (χ1) is 17.4. The molecule has 1 aliphatic rings. The quantitative estimate of drug-likeness (QED) is 0.524. The molecule has 2 heterocycles. The molecule has 0 aliphatic carbocycles. The van der Waals surface area contributed by atoms with Crippen molar-refractivity contribution in [3.8, 4) is 11.3 Å². The molecule has 1 fully saturated rings. The molecule has 10 nitrogen and oxygen atoms in total. The van der Waals surface area contributed by atoms with E-state index >= 15 is 0 Å². The Hall–Kier alpha value is -4.02. The van der Waals surface area contributed by atoms with Gasteiger partial charge < -0.3 is 9.64 Å². The number of hydrazine groups is 1. The summed E-state index contributed by atoms with van der Waals surface area (Å²) >= 11 is 0. The summed E-state index contributed by atoms with van der Waals surface area (Å²) in [4.78, 5) is 39.0. The van der Waals surface area contributed by atoms with Crippen LogP contribution in [0.2, 0.25) is 0 Å². The molecule has 4 rings (SSSR count). The second-order valence-electron chi connectivity index (χ2n) is 8.57. The van der Waals surface area contributed by atoms with E-state index in [2.05, 4.69) is 27.8 Å². The van der Waals surface area contributed by atoms with Gasteiger partial charge in [0.1, 0.15) is 0 Å². The first-order valence-electron chi connectivity index (χ1n) is 11.9. The van der Waals surface area contributed by atoms with E-state index in [9.17, 15) is 14.4 Å². The first-order valence-corrected chi connectivity index (χ1v) is 11.9. The lowest BCUT2D eigenvalue weighted by atomic mass is 10.1. The number of piperazine rings is 1. The number of benzene rings is 2. The van der Waals surface area contributed by atoms with Gasteiger partial charge in [0.25, 0.3) is 11.5 Å². The number of nitrogens with one attached hydrogen (secondary N) is 2. The van der Waals surface area contributed by atoms with Crippen LogP contribution in [0.3, 0.4) is 0 Å². The lowest BCUT2D eigenvalue weighted by molar-refractivity contribution is 0.0662. The first kappa shape index (κ1) is 25.1. The number of carbonyl (C=O) groups excluding carboxylic acids is 2. The minimum Gasteiger partial charge on any atom is -0.450 e. The van der Waals surface area contributed by atoms with Crippen LogP contribution >= 0.6 is 0 Å². The Morgan fingerprint density at radius 2 is 1.75 bits per heavy atom. The maximum absolute atomic E-state index is 12.6. The Morgan fingerprint density at radius 1 is 1.00 bits per heavy atom. The van der Waals surface area contributed by atoms with Gasteiger partial charge in [-0.2, -0.15) is 5.10 Å². The summed E-state index contributed by atoms with van der Waals surface area (Å²) in [5, 5.41) is 9.10. The number of rotatable bonds is 7. The van der Waals surface area contributed by atoms with Gasteiger partial charge in [-0.3, -0.25) is 20.3 Å². The fourth-order valence-corrected chi connectivity index (χ4v) is 3.84. The normalized spacial score (nSPS) is 14.3. The number of amides is 2. The molecule has 3 aromatic rings. The van der Waals surface area contributed by atoms with Crippen molar-refractivity contribution in [3.63, 3.8) is 0 Å². The predicted molar refractivity (Wildman–Crippen MR) is 137 cm³/mol. The second kappa shape index (κ2) is 11.6. The molecular weight excluding hydrogens is 460 g/mol. The highest BCUT2D eigenvalue weighted by molar-refractivity contribution is 5.94. The van der Waals surface area contributed by atoms with Gasteiger partial charge in [-0.25, -0.2) is 14.5 Å². The standard InChI is InChI=1S/C26H30N6O4/c1-3-36-26(35)27-22-6-4-5-19(17-22)18-32-24(33)12-11-23(28-32)20-7-9-21(10-8-20)25(34)29-31-15-13-30(2)14-16-31/h4-12,17H,3,13-16,18H2,1-2H3,(H,27,35)(H,29,34). The number of likely N-dealkylation sites (N-methyl/N-ethyl adjacent to an activating group) is 1. The summed E-state index contributed by atoms with van der Waals surface area (Å²) in [7, 11) is 2.07. The maximum Gasteiger partial charge on any atom is 0.411 e. The highest BCUT2D eigenvalue weighted by atomic mass is 16.5. The Morgan fingerprint density at radius 3 is 2.47 bits per heavy atom. The topological polar surface area (TPSA) is 109 Å². The Bertz CT molecular complexity index is 1270. The minimum atomic E-state index is -0.535.